The topological polar surface area (TPSA) is 133 Å². The molecule has 14 nitrogen and oxygen atoms in total. The third kappa shape index (κ3) is 13.4. The van der Waals surface area contributed by atoms with Gasteiger partial charge < -0.3 is 22.5 Å². The van der Waals surface area contributed by atoms with Crippen LogP contribution in [0.5, 0.6) is 0 Å². The van der Waals surface area contributed by atoms with E-state index in [0.717, 1.165) is 183 Å². The van der Waals surface area contributed by atoms with E-state index in [0.29, 0.717) is 17.8 Å². The summed E-state index contributed by atoms with van der Waals surface area (Å²) >= 11 is 0. The van der Waals surface area contributed by atoms with Crippen LogP contribution in [0.2, 0.25) is 0 Å². The first kappa shape index (κ1) is 83.0. The van der Waals surface area contributed by atoms with E-state index in [1.165, 1.54) is 75.9 Å². The van der Waals surface area contributed by atoms with Crippen molar-refractivity contribution in [1.82, 2.24) is 57.3 Å². The number of hydrogen-bond acceptors (Lipinski definition) is 8. The number of para-hydroxylation sites is 12. The van der Waals surface area contributed by atoms with E-state index in [1.807, 2.05) is 54.6 Å². The lowest BCUT2D eigenvalue weighted by molar-refractivity contribution is 0.669. The second-order valence-electron chi connectivity index (χ2n) is 37.1. The van der Waals surface area contributed by atoms with Gasteiger partial charge in [0.25, 0.3) is 0 Å². The largest absolute Gasteiger partial charge is 0.456 e. The van der Waals surface area contributed by atoms with Crippen LogP contribution in [-0.2, 0) is 0 Å². The molecule has 0 unspecified atom stereocenters. The Morgan fingerprint density at radius 2 is 0.384 bits per heavy atom. The van der Waals surface area contributed by atoms with Crippen molar-refractivity contribution >= 4 is 175 Å². The van der Waals surface area contributed by atoms with Gasteiger partial charge in [0.15, 0.2) is 0 Å². The van der Waals surface area contributed by atoms with Crippen molar-refractivity contribution in [2.45, 2.75) is 0 Å². The molecule has 0 saturated carbocycles. The number of aromatic nitrogens is 12. The minimum absolute atomic E-state index is 0.608. The molecule has 0 N–H and O–H groups in total. The van der Waals surface area contributed by atoms with Gasteiger partial charge >= 0.3 is 0 Å². The molecule has 0 aliphatic heterocycles. The molecule has 0 radical (unpaired) electrons. The van der Waals surface area contributed by atoms with E-state index >= 15 is 0 Å². The van der Waals surface area contributed by atoms with Gasteiger partial charge in [-0.15, -0.1) is 0 Å². The van der Waals surface area contributed by atoms with Crippen LogP contribution in [0.15, 0.2) is 506 Å². The Balaban J connectivity index is 0.000000104. The van der Waals surface area contributed by atoms with Gasteiger partial charge in [-0.25, -0.2) is 29.9 Å². The first-order valence-corrected chi connectivity index (χ1v) is 49.2. The standard InChI is InChI=1S/2C46H28N4O.C40H26N4/c1-3-14-29(15-4-1)36-28-37(33-22-13-21-32-31-18-9-12-25-42(31)51-45(32)33)48-46(47-36)50-39-24-11-8-20-35(39)44-41(50)27-26-40-43(44)34-19-7-10-23-38(34)49(40)30-16-5-2-6-17-30;1-3-13-29(14-4-1)36-28-37(30-23-24-33-32-17-9-12-22-42(32)51-43(33)27-30)48-46(47-36)50-39-21-11-8-19-35(39)45-41(50)26-25-40-44(45)34-18-7-10-20-38(34)49(40)31-15-5-2-6-16-31;1-4-14-27(15-5-1)32-26-33(28-16-6-2-7-17-28)42-40(41-32)44-35-23-13-11-21-31(35)39-37(44)25-24-36-38(39)30-20-10-12-22-34(30)43(36)29-18-8-3-9-19-29/h2*1-28H;1-26H. The van der Waals surface area contributed by atoms with Crippen molar-refractivity contribution in [3.8, 4) is 102 Å². The molecule has 0 spiro atoms. The van der Waals surface area contributed by atoms with Crippen LogP contribution in [0.1, 0.15) is 0 Å². The second-order valence-corrected chi connectivity index (χ2v) is 37.1. The highest BCUT2D eigenvalue weighted by Gasteiger charge is 2.29. The molecule has 11 heterocycles. The van der Waals surface area contributed by atoms with Gasteiger partial charge in [-0.05, 0) is 158 Å². The lowest BCUT2D eigenvalue weighted by Gasteiger charge is -2.12. The van der Waals surface area contributed by atoms with E-state index in [2.05, 4.69) is 470 Å². The second kappa shape index (κ2) is 34.0. The first-order chi connectivity index (χ1) is 72.5. The Kier molecular flexibility index (Phi) is 19.3. The quantitative estimate of drug-likeness (QED) is 0.118. The molecule has 0 aliphatic rings. The third-order valence-electron chi connectivity index (χ3n) is 28.8. The number of benzene rings is 20. The molecular formula is C132H82N12O2. The van der Waals surface area contributed by atoms with Crippen LogP contribution in [0.4, 0.5) is 0 Å². The predicted molar refractivity (Wildman–Crippen MR) is 599 cm³/mol. The van der Waals surface area contributed by atoms with E-state index in [9.17, 15) is 0 Å². The molecule has 0 aliphatic carbocycles. The summed E-state index contributed by atoms with van der Waals surface area (Å²) in [5.41, 5.74) is 31.4. The van der Waals surface area contributed by atoms with Crippen molar-refractivity contribution in [3.05, 3.63) is 497 Å². The summed E-state index contributed by atoms with van der Waals surface area (Å²) in [4.78, 5) is 31.7. The highest BCUT2D eigenvalue weighted by molar-refractivity contribution is 6.32. The Morgan fingerprint density at radius 1 is 0.144 bits per heavy atom. The molecule has 20 aromatic carbocycles. The summed E-state index contributed by atoms with van der Waals surface area (Å²) in [6.45, 7) is 0. The molecule has 0 atom stereocenters. The number of fused-ring (bicyclic) bond motifs is 27. The lowest BCUT2D eigenvalue weighted by Crippen LogP contribution is -2.04. The first-order valence-electron chi connectivity index (χ1n) is 49.2. The van der Waals surface area contributed by atoms with Crippen LogP contribution in [0, 0.1) is 0 Å². The maximum atomic E-state index is 6.51. The monoisotopic (exact) mass is 1870 g/mol. The Labute approximate surface area is 835 Å². The SMILES string of the molecule is c1ccc(-c2cc(-c3ccc4c(c3)oc3ccccc34)nc(-n3c4ccccc4c4c5c6ccccc6n(-c6ccccc6)c5ccc43)n2)cc1.c1ccc(-c2cc(-c3cccc4c3oc3ccccc34)nc(-n3c4ccccc4c4c5c6ccccc6n(-c6ccccc6)c5ccc43)n2)cc1.c1ccc(-c2cc(-c3ccccc3)nc(-n3c4ccccc4c4c5c6ccccc6n(-c6ccccc6)c5ccc43)n2)cc1. The van der Waals surface area contributed by atoms with Crippen LogP contribution in [0.25, 0.3) is 277 Å². The van der Waals surface area contributed by atoms with Crippen LogP contribution >= 0.6 is 0 Å². The molecule has 682 valence electrons. The van der Waals surface area contributed by atoms with Gasteiger partial charge in [0.2, 0.25) is 17.8 Å². The molecule has 0 saturated heterocycles. The smallest absolute Gasteiger partial charge is 0.235 e. The Hall–Kier alpha value is -20.0. The minimum atomic E-state index is 0.608. The maximum Gasteiger partial charge on any atom is 0.235 e. The molecule has 14 heteroatoms. The van der Waals surface area contributed by atoms with Crippen LogP contribution in [0.3, 0.4) is 0 Å². The van der Waals surface area contributed by atoms with Gasteiger partial charge in [-0.2, -0.15) is 0 Å². The zero-order chi connectivity index (χ0) is 96.0. The summed E-state index contributed by atoms with van der Waals surface area (Å²) in [5.74, 6) is 1.88. The number of furan rings is 2. The van der Waals surface area contributed by atoms with E-state index in [4.69, 9.17) is 38.7 Å². The van der Waals surface area contributed by atoms with E-state index < -0.39 is 0 Å². The van der Waals surface area contributed by atoms with Crippen LogP contribution in [-0.4, -0.2) is 57.3 Å². The van der Waals surface area contributed by atoms with E-state index in [-0.39, 0.29) is 0 Å². The number of rotatable bonds is 12. The number of hydrogen-bond donors (Lipinski definition) is 0. The maximum absolute atomic E-state index is 6.51. The molecular weight excluding hydrogens is 1790 g/mol. The van der Waals surface area contributed by atoms with Crippen molar-refractivity contribution in [2.24, 2.45) is 0 Å². The van der Waals surface area contributed by atoms with Crippen LogP contribution < -0.4 is 0 Å². The van der Waals surface area contributed by atoms with Crippen molar-refractivity contribution in [3.63, 3.8) is 0 Å². The molecule has 0 fully saturated rings. The van der Waals surface area contributed by atoms with Gasteiger partial charge in [0.05, 0.1) is 100 Å². The normalized spacial score (nSPS) is 11.8. The van der Waals surface area contributed by atoms with E-state index in [1.54, 1.807) is 0 Å². The molecule has 31 rings (SSSR count). The highest BCUT2D eigenvalue weighted by atomic mass is 16.3. The van der Waals surface area contributed by atoms with Gasteiger partial charge in [-0.3, -0.25) is 13.7 Å². The zero-order valence-corrected chi connectivity index (χ0v) is 78.5. The minimum Gasteiger partial charge on any atom is -0.456 e. The summed E-state index contributed by atoms with van der Waals surface area (Å²) < 4.78 is 26.6. The molecule has 31 aromatic rings. The summed E-state index contributed by atoms with van der Waals surface area (Å²) in [6.07, 6.45) is 0. The van der Waals surface area contributed by atoms with Gasteiger partial charge in [0.1, 0.15) is 22.3 Å². The highest BCUT2D eigenvalue weighted by Crippen LogP contribution is 2.49. The lowest BCUT2D eigenvalue weighted by atomic mass is 10.0. The predicted octanol–water partition coefficient (Wildman–Crippen LogP) is 33.8. The van der Waals surface area contributed by atoms with Crippen molar-refractivity contribution in [1.29, 1.82) is 0 Å². The van der Waals surface area contributed by atoms with Crippen molar-refractivity contribution < 1.29 is 8.83 Å². The molecule has 11 aromatic heterocycles. The summed E-state index contributed by atoms with van der Waals surface area (Å²) in [6, 6.07) is 174. The fourth-order valence-electron chi connectivity index (χ4n) is 22.5. The average Bonchev–Trinajstić information content (AvgIpc) is 1.55. The zero-order valence-electron chi connectivity index (χ0n) is 78.5. The Bertz CT molecular complexity index is 10600. The number of nitrogens with zero attached hydrogens (tertiary/aromatic N) is 12. The van der Waals surface area contributed by atoms with Gasteiger partial charge in [0, 0.05) is 137 Å². The Morgan fingerprint density at radius 3 is 0.719 bits per heavy atom. The fourth-order valence-corrected chi connectivity index (χ4v) is 22.5. The fraction of sp³-hybridized carbons (Fsp3) is 0. The summed E-state index contributed by atoms with van der Waals surface area (Å²) in [7, 11) is 0. The third-order valence-corrected chi connectivity index (χ3v) is 28.8. The average molecular weight is 1870 g/mol. The molecule has 0 bridgehead atoms. The molecule has 0 amide bonds. The summed E-state index contributed by atoms with van der Waals surface area (Å²) in [5, 5.41) is 18.8. The van der Waals surface area contributed by atoms with Gasteiger partial charge in [-0.1, -0.05) is 340 Å². The molecule has 146 heavy (non-hydrogen) atoms. The van der Waals surface area contributed by atoms with Crippen molar-refractivity contribution in [2.75, 3.05) is 0 Å².